The van der Waals surface area contributed by atoms with E-state index < -0.39 is 6.09 Å². The lowest BCUT2D eigenvalue weighted by Gasteiger charge is -2.45. The third kappa shape index (κ3) is 2.80. The molecule has 1 saturated heterocycles. The van der Waals surface area contributed by atoms with Gasteiger partial charge in [0.1, 0.15) is 0 Å². The van der Waals surface area contributed by atoms with Crippen molar-refractivity contribution in [2.24, 2.45) is 5.92 Å². The smallest absolute Gasteiger partial charge is 0.407 e. The van der Waals surface area contributed by atoms with Gasteiger partial charge in [0, 0.05) is 12.5 Å². The molecule has 0 aliphatic carbocycles. The Hall–Kier alpha value is -1.59. The second-order valence-corrected chi connectivity index (χ2v) is 4.45. The van der Waals surface area contributed by atoms with Crippen molar-refractivity contribution in [3.8, 4) is 0 Å². The van der Waals surface area contributed by atoms with Gasteiger partial charge in [-0.3, -0.25) is 0 Å². The lowest BCUT2D eigenvalue weighted by molar-refractivity contribution is -0.0504. The monoisotopic (exact) mass is 251 g/mol. The van der Waals surface area contributed by atoms with Crippen LogP contribution in [0.5, 0.6) is 0 Å². The van der Waals surface area contributed by atoms with Gasteiger partial charge in [-0.1, -0.05) is 30.3 Å². The number of ether oxygens (including phenoxy) is 1. The van der Waals surface area contributed by atoms with E-state index in [0.717, 1.165) is 5.56 Å². The van der Waals surface area contributed by atoms with Gasteiger partial charge in [-0.25, -0.2) is 4.79 Å². The second kappa shape index (κ2) is 5.84. The summed E-state index contributed by atoms with van der Waals surface area (Å²) in [6.07, 6.45) is -0.978. The Morgan fingerprint density at radius 2 is 2.11 bits per heavy atom. The molecule has 1 heterocycles. The van der Waals surface area contributed by atoms with Crippen LogP contribution in [0.1, 0.15) is 5.56 Å². The number of rotatable bonds is 5. The van der Waals surface area contributed by atoms with Crippen molar-refractivity contribution in [3.05, 3.63) is 35.9 Å². The van der Waals surface area contributed by atoms with Gasteiger partial charge < -0.3 is 19.8 Å². The van der Waals surface area contributed by atoms with E-state index in [1.807, 2.05) is 30.3 Å². The van der Waals surface area contributed by atoms with Gasteiger partial charge in [0.15, 0.2) is 0 Å². The van der Waals surface area contributed by atoms with E-state index in [4.69, 9.17) is 14.9 Å². The predicted octanol–water partition coefficient (Wildman–Crippen LogP) is 1.17. The molecule has 98 valence electrons. The molecule has 2 atom stereocenters. The number of likely N-dealkylation sites (tertiary alicyclic amines) is 1. The summed E-state index contributed by atoms with van der Waals surface area (Å²) in [6, 6.07) is 9.48. The highest BCUT2D eigenvalue weighted by molar-refractivity contribution is 5.66. The van der Waals surface area contributed by atoms with Crippen LogP contribution >= 0.6 is 0 Å². The first kappa shape index (κ1) is 12.9. The summed E-state index contributed by atoms with van der Waals surface area (Å²) in [5.74, 6) is 0.0924. The molecule has 0 bridgehead atoms. The van der Waals surface area contributed by atoms with E-state index in [0.29, 0.717) is 19.8 Å². The molecule has 18 heavy (non-hydrogen) atoms. The van der Waals surface area contributed by atoms with Crippen molar-refractivity contribution in [2.45, 2.75) is 12.6 Å². The maximum Gasteiger partial charge on any atom is 0.407 e. The fourth-order valence-electron chi connectivity index (χ4n) is 2.16. The minimum Gasteiger partial charge on any atom is -0.465 e. The van der Waals surface area contributed by atoms with Gasteiger partial charge in [-0.15, -0.1) is 0 Å². The first-order valence-corrected chi connectivity index (χ1v) is 5.94. The van der Waals surface area contributed by atoms with Crippen LogP contribution in [0.25, 0.3) is 0 Å². The zero-order chi connectivity index (χ0) is 13.0. The van der Waals surface area contributed by atoms with Crippen LogP contribution in [-0.4, -0.2) is 47.0 Å². The number of amides is 1. The Morgan fingerprint density at radius 3 is 2.72 bits per heavy atom. The van der Waals surface area contributed by atoms with Crippen LogP contribution in [0.2, 0.25) is 0 Å². The Labute approximate surface area is 106 Å². The maximum absolute atomic E-state index is 10.8. The van der Waals surface area contributed by atoms with Gasteiger partial charge in [-0.05, 0) is 5.56 Å². The normalized spacial score (nSPS) is 22.6. The molecule has 1 aromatic carbocycles. The molecular formula is C13H17NO4. The van der Waals surface area contributed by atoms with E-state index in [-0.39, 0.29) is 18.6 Å². The summed E-state index contributed by atoms with van der Waals surface area (Å²) in [5.41, 5.74) is 1.09. The summed E-state index contributed by atoms with van der Waals surface area (Å²) >= 11 is 0. The summed E-state index contributed by atoms with van der Waals surface area (Å²) in [7, 11) is 0. The third-order valence-electron chi connectivity index (χ3n) is 3.25. The van der Waals surface area contributed by atoms with Crippen LogP contribution < -0.4 is 0 Å². The number of hydrogen-bond acceptors (Lipinski definition) is 3. The van der Waals surface area contributed by atoms with Crippen molar-refractivity contribution >= 4 is 6.09 Å². The average molecular weight is 251 g/mol. The number of carboxylic acid groups (broad SMARTS) is 1. The topological polar surface area (TPSA) is 70.0 Å². The summed E-state index contributed by atoms with van der Waals surface area (Å²) in [5, 5.41) is 18.0. The van der Waals surface area contributed by atoms with E-state index in [1.54, 1.807) is 0 Å². The Morgan fingerprint density at radius 1 is 1.39 bits per heavy atom. The number of hydrogen-bond donors (Lipinski definition) is 2. The fraction of sp³-hybridized carbons (Fsp3) is 0.462. The third-order valence-corrected chi connectivity index (χ3v) is 3.25. The molecule has 2 N–H and O–H groups in total. The Kier molecular flexibility index (Phi) is 4.17. The van der Waals surface area contributed by atoms with E-state index in [1.165, 1.54) is 4.90 Å². The van der Waals surface area contributed by atoms with Crippen molar-refractivity contribution in [2.75, 3.05) is 19.8 Å². The summed E-state index contributed by atoms with van der Waals surface area (Å²) in [4.78, 5) is 12.0. The SMILES string of the molecule is O=C(O)N1C[C@@H](COCc2ccccc2)[C@H]1CO. The van der Waals surface area contributed by atoms with Crippen LogP contribution in [0.3, 0.4) is 0 Å². The molecule has 0 spiro atoms. The summed E-state index contributed by atoms with van der Waals surface area (Å²) < 4.78 is 5.55. The number of nitrogens with zero attached hydrogens (tertiary/aromatic N) is 1. The van der Waals surface area contributed by atoms with Crippen LogP contribution in [0, 0.1) is 5.92 Å². The second-order valence-electron chi connectivity index (χ2n) is 4.45. The first-order valence-electron chi connectivity index (χ1n) is 5.94. The lowest BCUT2D eigenvalue weighted by atomic mass is 9.90. The van der Waals surface area contributed by atoms with Crippen molar-refractivity contribution < 1.29 is 19.7 Å². The zero-order valence-electron chi connectivity index (χ0n) is 10.0. The molecule has 0 saturated carbocycles. The van der Waals surface area contributed by atoms with Crippen LogP contribution in [-0.2, 0) is 11.3 Å². The van der Waals surface area contributed by atoms with Crippen molar-refractivity contribution in [1.29, 1.82) is 0 Å². The van der Waals surface area contributed by atoms with Crippen molar-refractivity contribution in [1.82, 2.24) is 4.90 Å². The molecule has 0 radical (unpaired) electrons. The number of carbonyl (C=O) groups is 1. The van der Waals surface area contributed by atoms with Crippen LogP contribution in [0.4, 0.5) is 4.79 Å². The quantitative estimate of drug-likeness (QED) is 0.824. The highest BCUT2D eigenvalue weighted by Gasteiger charge is 2.41. The fourth-order valence-corrected chi connectivity index (χ4v) is 2.16. The molecule has 0 unspecified atom stereocenters. The molecule has 1 fully saturated rings. The molecular weight excluding hydrogens is 234 g/mol. The number of benzene rings is 1. The van der Waals surface area contributed by atoms with Gasteiger partial charge in [0.25, 0.3) is 0 Å². The highest BCUT2D eigenvalue weighted by atomic mass is 16.5. The largest absolute Gasteiger partial charge is 0.465 e. The predicted molar refractivity (Wildman–Crippen MR) is 65.2 cm³/mol. The molecule has 1 aliphatic heterocycles. The molecule has 2 rings (SSSR count). The molecule has 1 aromatic rings. The maximum atomic E-state index is 10.8. The summed E-state index contributed by atoms with van der Waals surface area (Å²) in [6.45, 7) is 1.29. The van der Waals surface area contributed by atoms with Gasteiger partial charge in [0.2, 0.25) is 0 Å². The molecule has 5 heteroatoms. The van der Waals surface area contributed by atoms with E-state index in [9.17, 15) is 4.79 Å². The van der Waals surface area contributed by atoms with Gasteiger partial charge >= 0.3 is 6.09 Å². The first-order chi connectivity index (χ1) is 8.72. The Balaban J connectivity index is 1.74. The van der Waals surface area contributed by atoms with E-state index >= 15 is 0 Å². The number of aliphatic hydroxyl groups is 1. The average Bonchev–Trinajstić information content (AvgIpc) is 2.34. The highest BCUT2D eigenvalue weighted by Crippen LogP contribution is 2.25. The van der Waals surface area contributed by atoms with Crippen LogP contribution in [0.15, 0.2) is 30.3 Å². The Bertz CT molecular complexity index is 395. The van der Waals surface area contributed by atoms with Crippen molar-refractivity contribution in [3.63, 3.8) is 0 Å². The van der Waals surface area contributed by atoms with Gasteiger partial charge in [-0.2, -0.15) is 0 Å². The lowest BCUT2D eigenvalue weighted by Crippen LogP contribution is -2.61. The molecule has 5 nitrogen and oxygen atoms in total. The molecule has 1 aliphatic rings. The number of aliphatic hydroxyl groups excluding tert-OH is 1. The minimum atomic E-state index is -0.978. The van der Waals surface area contributed by atoms with Gasteiger partial charge in [0.05, 0.1) is 25.9 Å². The molecule has 1 amide bonds. The minimum absolute atomic E-state index is 0.0924. The standard InChI is InChI=1S/C13H17NO4/c15-7-12-11(6-14(12)13(16)17)9-18-8-10-4-2-1-3-5-10/h1-5,11-12,15H,6-9H2,(H,16,17)/t11-,12+/m0/s1. The van der Waals surface area contributed by atoms with E-state index in [2.05, 4.69) is 0 Å². The zero-order valence-corrected chi connectivity index (χ0v) is 10.0. The molecule has 0 aromatic heterocycles.